The molecule has 0 spiro atoms. The normalized spacial score (nSPS) is 15.2. The number of hydrogen-bond donors (Lipinski definition) is 2. The van der Waals surface area contributed by atoms with Gasteiger partial charge in [-0.1, -0.05) is 18.2 Å². The van der Waals surface area contributed by atoms with Crippen molar-refractivity contribution in [1.82, 2.24) is 20.2 Å². The number of anilines is 1. The lowest BCUT2D eigenvalue weighted by atomic mass is 10.3. The highest BCUT2D eigenvalue weighted by Gasteiger charge is 2.22. The van der Waals surface area contributed by atoms with Crippen molar-refractivity contribution in [2.45, 2.75) is 0 Å². The third-order valence-electron chi connectivity index (χ3n) is 3.64. The summed E-state index contributed by atoms with van der Waals surface area (Å²) in [6, 6.07) is 7.96. The SMILES string of the molecule is C=CCNC(=O)N1CCN(c2nc3ccccc3[nH]2)CC1. The van der Waals surface area contributed by atoms with Crippen LogP contribution in [0.2, 0.25) is 0 Å². The summed E-state index contributed by atoms with van der Waals surface area (Å²) in [5.41, 5.74) is 2.01. The molecule has 2 heterocycles. The summed E-state index contributed by atoms with van der Waals surface area (Å²) in [4.78, 5) is 23.8. The fourth-order valence-electron chi connectivity index (χ4n) is 2.48. The number of hydrogen-bond acceptors (Lipinski definition) is 3. The van der Waals surface area contributed by atoms with Gasteiger partial charge in [0, 0.05) is 32.7 Å². The van der Waals surface area contributed by atoms with Crippen LogP contribution < -0.4 is 10.2 Å². The summed E-state index contributed by atoms with van der Waals surface area (Å²) in [6.07, 6.45) is 1.68. The summed E-state index contributed by atoms with van der Waals surface area (Å²) in [6.45, 7) is 7.05. The average Bonchev–Trinajstić information content (AvgIpc) is 2.96. The number of H-pyrrole nitrogens is 1. The number of benzene rings is 1. The van der Waals surface area contributed by atoms with E-state index in [1.54, 1.807) is 6.08 Å². The fourth-order valence-corrected chi connectivity index (χ4v) is 2.48. The molecule has 1 aromatic carbocycles. The molecule has 1 aliphatic heterocycles. The van der Waals surface area contributed by atoms with Crippen molar-refractivity contribution in [3.8, 4) is 0 Å². The van der Waals surface area contributed by atoms with Gasteiger partial charge in [-0.25, -0.2) is 9.78 Å². The zero-order chi connectivity index (χ0) is 14.7. The number of carbonyl (C=O) groups is 1. The number of piperazine rings is 1. The van der Waals surface area contributed by atoms with E-state index < -0.39 is 0 Å². The molecular formula is C15H19N5O. The number of urea groups is 1. The zero-order valence-corrected chi connectivity index (χ0v) is 11.9. The van der Waals surface area contributed by atoms with Crippen LogP contribution in [0.5, 0.6) is 0 Å². The molecule has 0 unspecified atom stereocenters. The lowest BCUT2D eigenvalue weighted by molar-refractivity contribution is 0.195. The van der Waals surface area contributed by atoms with Crippen LogP contribution >= 0.6 is 0 Å². The van der Waals surface area contributed by atoms with E-state index in [0.29, 0.717) is 19.6 Å². The highest BCUT2D eigenvalue weighted by Crippen LogP contribution is 2.18. The van der Waals surface area contributed by atoms with Crippen molar-refractivity contribution >= 4 is 23.0 Å². The number of nitrogens with one attached hydrogen (secondary N) is 2. The molecule has 0 radical (unpaired) electrons. The summed E-state index contributed by atoms with van der Waals surface area (Å²) in [7, 11) is 0. The summed E-state index contributed by atoms with van der Waals surface area (Å²) in [5.74, 6) is 0.877. The molecule has 6 heteroatoms. The Morgan fingerprint density at radius 3 is 2.81 bits per heavy atom. The molecule has 21 heavy (non-hydrogen) atoms. The Bertz CT molecular complexity index is 609. The lowest BCUT2D eigenvalue weighted by Gasteiger charge is -2.34. The van der Waals surface area contributed by atoms with Gasteiger partial charge in [0.05, 0.1) is 11.0 Å². The topological polar surface area (TPSA) is 64.3 Å². The molecule has 1 aromatic heterocycles. The lowest BCUT2D eigenvalue weighted by Crippen LogP contribution is -2.52. The third-order valence-corrected chi connectivity index (χ3v) is 3.64. The first kappa shape index (κ1) is 13.5. The number of imidazole rings is 1. The van der Waals surface area contributed by atoms with E-state index in [1.807, 2.05) is 29.2 Å². The minimum atomic E-state index is -0.0286. The Hall–Kier alpha value is -2.50. The molecule has 1 aliphatic rings. The fraction of sp³-hybridized carbons (Fsp3) is 0.333. The second-order valence-electron chi connectivity index (χ2n) is 5.03. The Morgan fingerprint density at radius 1 is 1.33 bits per heavy atom. The number of fused-ring (bicyclic) bond motifs is 1. The molecule has 2 aromatic rings. The minimum absolute atomic E-state index is 0.0286. The van der Waals surface area contributed by atoms with Crippen LogP contribution in [0.4, 0.5) is 10.7 Å². The van der Waals surface area contributed by atoms with Gasteiger partial charge < -0.3 is 20.1 Å². The summed E-state index contributed by atoms with van der Waals surface area (Å²) < 4.78 is 0. The molecule has 2 N–H and O–H groups in total. The Labute approximate surface area is 123 Å². The van der Waals surface area contributed by atoms with Crippen molar-refractivity contribution < 1.29 is 4.79 Å². The van der Waals surface area contributed by atoms with Gasteiger partial charge in [-0.15, -0.1) is 6.58 Å². The maximum atomic E-state index is 11.9. The smallest absolute Gasteiger partial charge is 0.317 e. The van der Waals surface area contributed by atoms with Crippen molar-refractivity contribution in [2.24, 2.45) is 0 Å². The van der Waals surface area contributed by atoms with Gasteiger partial charge >= 0.3 is 6.03 Å². The highest BCUT2D eigenvalue weighted by atomic mass is 16.2. The van der Waals surface area contributed by atoms with E-state index in [1.165, 1.54) is 0 Å². The molecule has 6 nitrogen and oxygen atoms in total. The predicted octanol–water partition coefficient (Wildman–Crippen LogP) is 1.58. The van der Waals surface area contributed by atoms with E-state index in [0.717, 1.165) is 30.1 Å². The van der Waals surface area contributed by atoms with Gasteiger partial charge in [0.15, 0.2) is 0 Å². The number of nitrogens with zero attached hydrogens (tertiary/aromatic N) is 3. The van der Waals surface area contributed by atoms with Crippen LogP contribution in [-0.4, -0.2) is 53.6 Å². The van der Waals surface area contributed by atoms with E-state index in [9.17, 15) is 4.79 Å². The van der Waals surface area contributed by atoms with Gasteiger partial charge in [-0.05, 0) is 12.1 Å². The average molecular weight is 285 g/mol. The first-order chi connectivity index (χ1) is 10.3. The number of aromatic amines is 1. The first-order valence-corrected chi connectivity index (χ1v) is 7.11. The van der Waals surface area contributed by atoms with Crippen LogP contribution in [0, 0.1) is 0 Å². The van der Waals surface area contributed by atoms with Crippen LogP contribution in [-0.2, 0) is 0 Å². The van der Waals surface area contributed by atoms with Crippen LogP contribution in [0.3, 0.4) is 0 Å². The minimum Gasteiger partial charge on any atom is -0.339 e. The second kappa shape index (κ2) is 5.87. The quantitative estimate of drug-likeness (QED) is 0.842. The van der Waals surface area contributed by atoms with E-state index in [4.69, 9.17) is 0 Å². The maximum Gasteiger partial charge on any atom is 0.317 e. The molecule has 0 atom stereocenters. The monoisotopic (exact) mass is 285 g/mol. The summed E-state index contributed by atoms with van der Waals surface area (Å²) in [5, 5.41) is 2.81. The standard InChI is InChI=1S/C15H19N5O/c1-2-7-16-15(21)20-10-8-19(9-11-20)14-17-12-5-3-4-6-13(12)18-14/h2-6H,1,7-11H2,(H,16,21)(H,17,18). The second-order valence-corrected chi connectivity index (χ2v) is 5.03. The Morgan fingerprint density at radius 2 is 2.10 bits per heavy atom. The van der Waals surface area contributed by atoms with Gasteiger partial charge in [-0.2, -0.15) is 0 Å². The van der Waals surface area contributed by atoms with Crippen LogP contribution in [0.15, 0.2) is 36.9 Å². The van der Waals surface area contributed by atoms with E-state index in [-0.39, 0.29) is 6.03 Å². The van der Waals surface area contributed by atoms with Crippen LogP contribution in [0.1, 0.15) is 0 Å². The van der Waals surface area contributed by atoms with Crippen molar-refractivity contribution in [2.75, 3.05) is 37.6 Å². The van der Waals surface area contributed by atoms with E-state index >= 15 is 0 Å². The Kier molecular flexibility index (Phi) is 3.77. The highest BCUT2D eigenvalue weighted by molar-refractivity contribution is 5.77. The first-order valence-electron chi connectivity index (χ1n) is 7.11. The summed E-state index contributed by atoms with van der Waals surface area (Å²) >= 11 is 0. The molecule has 0 bridgehead atoms. The Balaban J connectivity index is 1.62. The largest absolute Gasteiger partial charge is 0.339 e. The molecule has 2 amide bonds. The molecular weight excluding hydrogens is 266 g/mol. The van der Waals surface area contributed by atoms with Gasteiger partial charge in [0.2, 0.25) is 5.95 Å². The maximum absolute atomic E-state index is 11.9. The number of carbonyl (C=O) groups excluding carboxylic acids is 1. The number of para-hydroxylation sites is 2. The molecule has 0 saturated carbocycles. The number of amides is 2. The zero-order valence-electron chi connectivity index (χ0n) is 11.9. The molecule has 0 aliphatic carbocycles. The van der Waals surface area contributed by atoms with Crippen molar-refractivity contribution in [3.05, 3.63) is 36.9 Å². The van der Waals surface area contributed by atoms with Crippen molar-refractivity contribution in [3.63, 3.8) is 0 Å². The molecule has 1 saturated heterocycles. The number of rotatable bonds is 3. The molecule has 3 rings (SSSR count). The third kappa shape index (κ3) is 2.84. The van der Waals surface area contributed by atoms with Gasteiger partial charge in [0.1, 0.15) is 0 Å². The van der Waals surface area contributed by atoms with Gasteiger partial charge in [0.25, 0.3) is 0 Å². The van der Waals surface area contributed by atoms with Crippen LogP contribution in [0.25, 0.3) is 11.0 Å². The molecule has 110 valence electrons. The number of aromatic nitrogens is 2. The molecule has 1 fully saturated rings. The van der Waals surface area contributed by atoms with Gasteiger partial charge in [-0.3, -0.25) is 0 Å². The van der Waals surface area contributed by atoms with Crippen molar-refractivity contribution in [1.29, 1.82) is 0 Å². The van der Waals surface area contributed by atoms with E-state index in [2.05, 4.69) is 26.8 Å². The predicted molar refractivity (Wildman–Crippen MR) is 83.5 cm³/mol.